The number of hydrogen-bond donors (Lipinski definition) is 4. The Balaban J connectivity index is 1.68. The van der Waals surface area contributed by atoms with Crippen LogP contribution in [-0.2, 0) is 25.5 Å². The first-order valence-electron chi connectivity index (χ1n) is 9.79. The maximum Gasteiger partial charge on any atom is 0.328 e. The summed E-state index contributed by atoms with van der Waals surface area (Å²) < 4.78 is 9.33. The molecule has 0 unspecified atom stereocenters. The minimum atomic E-state index is -1.46. The molecule has 33 heavy (non-hydrogen) atoms. The molecule has 0 aliphatic carbocycles. The van der Waals surface area contributed by atoms with E-state index in [1.165, 1.54) is 19.2 Å². The van der Waals surface area contributed by atoms with Crippen LogP contribution in [0.3, 0.4) is 0 Å². The van der Waals surface area contributed by atoms with E-state index in [9.17, 15) is 24.3 Å². The quantitative estimate of drug-likeness (QED) is 0.344. The molecule has 3 rings (SSSR count). The van der Waals surface area contributed by atoms with Gasteiger partial charge < -0.3 is 25.8 Å². The van der Waals surface area contributed by atoms with E-state index in [4.69, 9.17) is 4.74 Å². The van der Waals surface area contributed by atoms with E-state index in [0.29, 0.717) is 16.7 Å². The molecular weight excluding hydrogens is 434 g/mol. The number of carboxylic acid groups (broad SMARTS) is 1. The van der Waals surface area contributed by atoms with Crippen molar-refractivity contribution in [3.05, 3.63) is 54.1 Å². The minimum Gasteiger partial charge on any atom is -0.481 e. The van der Waals surface area contributed by atoms with Crippen LogP contribution in [0.1, 0.15) is 12.0 Å². The molecule has 12 nitrogen and oxygen atoms in total. The van der Waals surface area contributed by atoms with Gasteiger partial charge in [0.05, 0.1) is 13.5 Å². The first kappa shape index (κ1) is 23.2. The average Bonchev–Trinajstić information content (AvgIpc) is 3.26. The number of urea groups is 1. The molecule has 0 bridgehead atoms. The van der Waals surface area contributed by atoms with Crippen LogP contribution in [0.5, 0.6) is 0 Å². The van der Waals surface area contributed by atoms with Crippen LogP contribution in [0.4, 0.5) is 10.5 Å². The molecule has 3 amide bonds. The highest BCUT2D eigenvalue weighted by atomic mass is 16.6. The first-order chi connectivity index (χ1) is 15.9. The number of hydrogen-bond acceptors (Lipinski definition) is 8. The van der Waals surface area contributed by atoms with Crippen LogP contribution in [0.2, 0.25) is 0 Å². The summed E-state index contributed by atoms with van der Waals surface area (Å²) in [5.41, 5.74) is 1.96. The normalized spacial score (nSPS) is 12.4. The third-order valence-corrected chi connectivity index (χ3v) is 4.60. The zero-order chi connectivity index (χ0) is 23.8. The van der Waals surface area contributed by atoms with Gasteiger partial charge in [-0.3, -0.25) is 9.59 Å². The third kappa shape index (κ3) is 6.50. The molecule has 0 aliphatic rings. The number of aliphatic carboxylic acids is 1. The molecule has 1 heterocycles. The highest BCUT2D eigenvalue weighted by molar-refractivity contribution is 5.97. The van der Waals surface area contributed by atoms with Gasteiger partial charge in [-0.05, 0) is 34.1 Å². The van der Waals surface area contributed by atoms with Crippen molar-refractivity contribution in [2.45, 2.75) is 24.9 Å². The highest BCUT2D eigenvalue weighted by Gasteiger charge is 2.29. The average molecular weight is 455 g/mol. The largest absolute Gasteiger partial charge is 0.481 e. The third-order valence-electron chi connectivity index (χ3n) is 4.60. The predicted molar refractivity (Wildman–Crippen MR) is 114 cm³/mol. The second kappa shape index (κ2) is 10.7. The number of methoxy groups -OCH3 is 1. The SMILES string of the molecule is COC(=O)[C@H](Cc1ccccc1)NC(=O)[C@H](CC(=O)O)NC(=O)Nc1ccc2nonc2c1. The number of carbonyl (C=O) groups is 4. The maximum absolute atomic E-state index is 12.8. The van der Waals surface area contributed by atoms with E-state index in [1.54, 1.807) is 36.4 Å². The van der Waals surface area contributed by atoms with Gasteiger partial charge >= 0.3 is 18.0 Å². The summed E-state index contributed by atoms with van der Waals surface area (Å²) in [6, 6.07) is 10.1. The molecule has 0 radical (unpaired) electrons. The maximum atomic E-state index is 12.8. The number of anilines is 1. The molecule has 2 atom stereocenters. The van der Waals surface area contributed by atoms with Crippen molar-refractivity contribution in [3.63, 3.8) is 0 Å². The number of nitrogens with zero attached hydrogens (tertiary/aromatic N) is 2. The molecule has 3 aromatic rings. The number of amides is 3. The van der Waals surface area contributed by atoms with E-state index in [-0.39, 0.29) is 6.42 Å². The Kier molecular flexibility index (Phi) is 7.52. The summed E-state index contributed by atoms with van der Waals surface area (Å²) in [5.74, 6) is -2.88. The molecule has 0 spiro atoms. The second-order valence-corrected chi connectivity index (χ2v) is 6.99. The summed E-state index contributed by atoms with van der Waals surface area (Å²) >= 11 is 0. The molecular formula is C21H21N5O7. The highest BCUT2D eigenvalue weighted by Crippen LogP contribution is 2.15. The van der Waals surface area contributed by atoms with Gasteiger partial charge in [0.1, 0.15) is 23.1 Å². The number of fused-ring (bicyclic) bond motifs is 1. The number of rotatable bonds is 9. The Labute approximate surface area is 187 Å². The number of carboxylic acids is 1. The topological polar surface area (TPSA) is 173 Å². The number of benzene rings is 2. The van der Waals surface area contributed by atoms with Crippen LogP contribution in [0.25, 0.3) is 11.0 Å². The van der Waals surface area contributed by atoms with Gasteiger partial charge in [-0.25, -0.2) is 14.2 Å². The molecule has 12 heteroatoms. The molecule has 172 valence electrons. The van der Waals surface area contributed by atoms with E-state index >= 15 is 0 Å². The Hall–Kier alpha value is -4.48. The van der Waals surface area contributed by atoms with Gasteiger partial charge in [0.15, 0.2) is 0 Å². The molecule has 2 aromatic carbocycles. The van der Waals surface area contributed by atoms with Crippen LogP contribution < -0.4 is 16.0 Å². The van der Waals surface area contributed by atoms with Crippen molar-refractivity contribution in [2.75, 3.05) is 12.4 Å². The lowest BCUT2D eigenvalue weighted by Gasteiger charge is -2.21. The molecule has 0 saturated heterocycles. The Morgan fingerprint density at radius 3 is 2.42 bits per heavy atom. The number of nitrogens with one attached hydrogen (secondary N) is 3. The summed E-state index contributed by atoms with van der Waals surface area (Å²) in [6.45, 7) is 0. The Morgan fingerprint density at radius 2 is 1.73 bits per heavy atom. The summed E-state index contributed by atoms with van der Waals surface area (Å²) in [5, 5.41) is 23.8. The van der Waals surface area contributed by atoms with Crippen molar-refractivity contribution in [2.24, 2.45) is 0 Å². The van der Waals surface area contributed by atoms with Crippen molar-refractivity contribution in [1.29, 1.82) is 0 Å². The lowest BCUT2D eigenvalue weighted by Crippen LogP contribution is -2.53. The standard InChI is InChI=1S/C21H21N5O7/c1-32-20(30)17(9-12-5-3-2-4-6-12)23-19(29)16(11-18(27)28)24-21(31)22-13-7-8-14-15(10-13)26-33-25-14/h2-8,10,16-17H,9,11H2,1H3,(H,23,29)(H,27,28)(H2,22,24,31)/t16-,17-/m0/s1. The zero-order valence-electron chi connectivity index (χ0n) is 17.5. The van der Waals surface area contributed by atoms with Gasteiger partial charge in [-0.1, -0.05) is 30.3 Å². The van der Waals surface area contributed by atoms with Crippen molar-refractivity contribution in [1.82, 2.24) is 20.9 Å². The van der Waals surface area contributed by atoms with Crippen molar-refractivity contribution < 1.29 is 33.7 Å². The second-order valence-electron chi connectivity index (χ2n) is 6.99. The fraction of sp³-hybridized carbons (Fsp3) is 0.238. The van der Waals surface area contributed by atoms with E-state index in [1.807, 2.05) is 0 Å². The number of esters is 1. The van der Waals surface area contributed by atoms with E-state index in [2.05, 4.69) is 30.9 Å². The zero-order valence-corrected chi connectivity index (χ0v) is 17.5. The van der Waals surface area contributed by atoms with Crippen LogP contribution in [-0.4, -0.2) is 58.5 Å². The predicted octanol–water partition coefficient (Wildman–Crippen LogP) is 1.09. The van der Waals surface area contributed by atoms with Gasteiger partial charge in [-0.15, -0.1) is 0 Å². The lowest BCUT2D eigenvalue weighted by atomic mass is 10.1. The fourth-order valence-electron chi connectivity index (χ4n) is 3.03. The van der Waals surface area contributed by atoms with Crippen molar-refractivity contribution in [3.8, 4) is 0 Å². The monoisotopic (exact) mass is 455 g/mol. The van der Waals surface area contributed by atoms with E-state index in [0.717, 1.165) is 5.56 Å². The first-order valence-corrected chi connectivity index (χ1v) is 9.79. The Morgan fingerprint density at radius 1 is 1.00 bits per heavy atom. The van der Waals surface area contributed by atoms with Crippen LogP contribution in [0.15, 0.2) is 53.2 Å². The number of ether oxygens (including phenoxy) is 1. The summed E-state index contributed by atoms with van der Waals surface area (Å²) in [6.07, 6.45) is -0.582. The van der Waals surface area contributed by atoms with E-state index < -0.39 is 42.4 Å². The molecule has 4 N–H and O–H groups in total. The molecule has 0 saturated carbocycles. The lowest BCUT2D eigenvalue weighted by molar-refractivity contribution is -0.145. The van der Waals surface area contributed by atoms with Crippen molar-refractivity contribution >= 4 is 40.6 Å². The van der Waals surface area contributed by atoms with Gasteiger partial charge in [-0.2, -0.15) is 0 Å². The molecule has 0 fully saturated rings. The summed E-state index contributed by atoms with van der Waals surface area (Å²) in [4.78, 5) is 48.6. The number of aromatic nitrogens is 2. The van der Waals surface area contributed by atoms with Gasteiger partial charge in [0, 0.05) is 12.1 Å². The minimum absolute atomic E-state index is 0.122. The van der Waals surface area contributed by atoms with Gasteiger partial charge in [0.25, 0.3) is 0 Å². The fourth-order valence-corrected chi connectivity index (χ4v) is 3.03. The van der Waals surface area contributed by atoms with Crippen LogP contribution >= 0.6 is 0 Å². The molecule has 1 aromatic heterocycles. The smallest absolute Gasteiger partial charge is 0.328 e. The summed E-state index contributed by atoms with van der Waals surface area (Å²) in [7, 11) is 1.17. The molecule has 0 aliphatic heterocycles. The number of carbonyl (C=O) groups excluding carboxylic acids is 3. The van der Waals surface area contributed by atoms with Gasteiger partial charge in [0.2, 0.25) is 5.91 Å². The van der Waals surface area contributed by atoms with Crippen LogP contribution in [0, 0.1) is 0 Å². The Bertz CT molecular complexity index is 1150.